The molecule has 3 aromatic rings. The number of aliphatic hydroxyl groups excluding tert-OH is 3. The summed E-state index contributed by atoms with van der Waals surface area (Å²) in [6.07, 6.45) is 0. The largest absolute Gasteiger partial charge is 0.508 e. The molecule has 0 aliphatic carbocycles. The van der Waals surface area contributed by atoms with Gasteiger partial charge in [-0.15, -0.1) is 0 Å². The van der Waals surface area contributed by atoms with Crippen molar-refractivity contribution in [1.82, 2.24) is 0 Å². The van der Waals surface area contributed by atoms with Crippen LogP contribution < -0.4 is 0 Å². The van der Waals surface area contributed by atoms with Gasteiger partial charge >= 0.3 is 0 Å². The first-order chi connectivity index (χ1) is 14.2. The first-order valence-electron chi connectivity index (χ1n) is 9.39. The van der Waals surface area contributed by atoms with Gasteiger partial charge < -0.3 is 30.6 Å². The summed E-state index contributed by atoms with van der Waals surface area (Å²) < 4.78 is 0. The molecule has 0 saturated carbocycles. The van der Waals surface area contributed by atoms with Gasteiger partial charge in [0.2, 0.25) is 0 Å². The van der Waals surface area contributed by atoms with Crippen molar-refractivity contribution in [2.24, 2.45) is 0 Å². The van der Waals surface area contributed by atoms with Gasteiger partial charge in [0.05, 0.1) is 19.8 Å². The van der Waals surface area contributed by atoms with Crippen molar-refractivity contribution in [2.75, 3.05) is 0 Å². The van der Waals surface area contributed by atoms with Crippen molar-refractivity contribution in [3.8, 4) is 17.2 Å². The average Bonchev–Trinajstić information content (AvgIpc) is 2.74. The van der Waals surface area contributed by atoms with Crippen LogP contribution in [0.3, 0.4) is 0 Å². The molecule has 6 heteroatoms. The molecule has 0 heterocycles. The summed E-state index contributed by atoms with van der Waals surface area (Å²) in [6, 6.07) is 15.2. The predicted octanol–water partition coefficient (Wildman–Crippen LogP) is 3.58. The minimum atomic E-state index is -0.104. The molecule has 0 spiro atoms. The minimum Gasteiger partial charge on any atom is -0.508 e. The van der Waals surface area contributed by atoms with Crippen LogP contribution in [0.5, 0.6) is 17.2 Å². The highest BCUT2D eigenvalue weighted by atomic mass is 16.3. The van der Waals surface area contributed by atoms with E-state index in [-0.39, 0.29) is 37.1 Å². The maximum atomic E-state index is 9.12. The van der Waals surface area contributed by atoms with E-state index < -0.39 is 0 Å². The molecule has 30 heavy (non-hydrogen) atoms. The summed E-state index contributed by atoms with van der Waals surface area (Å²) in [5.41, 5.74) is 4.97. The van der Waals surface area contributed by atoms with E-state index in [4.69, 9.17) is 30.6 Å². The number of hydrogen-bond donors (Lipinski definition) is 6. The fourth-order valence-electron chi connectivity index (χ4n) is 2.42. The summed E-state index contributed by atoms with van der Waals surface area (Å²) >= 11 is 0. The number of phenols is 3. The molecule has 0 bridgehead atoms. The molecule has 0 aliphatic heterocycles. The molecular formula is C24H30O6. The van der Waals surface area contributed by atoms with E-state index in [0.717, 1.165) is 27.8 Å². The number of hydrogen-bond acceptors (Lipinski definition) is 6. The molecule has 0 saturated heterocycles. The van der Waals surface area contributed by atoms with E-state index in [1.807, 2.05) is 20.8 Å². The molecule has 3 rings (SSSR count). The highest BCUT2D eigenvalue weighted by Crippen LogP contribution is 2.18. The Morgan fingerprint density at radius 3 is 1.70 bits per heavy atom. The Balaban J connectivity index is 0.000000225. The number of benzene rings is 3. The Hall–Kier alpha value is -3.06. The molecule has 162 valence electrons. The fraction of sp³-hybridized carbons (Fsp3) is 0.250. The SMILES string of the molecule is Cc1ccc(CO)cc1O.Cc1ccc(O)c(CO)c1.Cc1ccc(O)cc1CO. The van der Waals surface area contributed by atoms with Gasteiger partial charge in [-0.25, -0.2) is 0 Å². The lowest BCUT2D eigenvalue weighted by molar-refractivity contribution is 0.275. The monoisotopic (exact) mass is 414 g/mol. The molecule has 0 atom stereocenters. The van der Waals surface area contributed by atoms with Crippen LogP contribution in [0.4, 0.5) is 0 Å². The molecule has 3 aromatic carbocycles. The third-order valence-corrected chi connectivity index (χ3v) is 4.36. The maximum absolute atomic E-state index is 9.12. The van der Waals surface area contributed by atoms with Crippen LogP contribution in [-0.4, -0.2) is 30.6 Å². The third kappa shape index (κ3) is 8.13. The van der Waals surface area contributed by atoms with Gasteiger partial charge in [-0.05, 0) is 67.3 Å². The molecule has 0 radical (unpaired) electrons. The number of rotatable bonds is 3. The lowest BCUT2D eigenvalue weighted by Gasteiger charge is -2.00. The maximum Gasteiger partial charge on any atom is 0.121 e. The van der Waals surface area contributed by atoms with Crippen molar-refractivity contribution in [3.63, 3.8) is 0 Å². The average molecular weight is 414 g/mol. The predicted molar refractivity (Wildman–Crippen MR) is 116 cm³/mol. The van der Waals surface area contributed by atoms with Gasteiger partial charge in [-0.3, -0.25) is 0 Å². The standard InChI is InChI=1S/3C8H10O2/c1-6-2-3-8(10)4-7(6)5-9;1-6-2-3-7(5-9)4-8(6)10;1-6-2-3-8(10)7(4-6)5-9/h3*2-4,9-10H,5H2,1H3. The summed E-state index contributed by atoms with van der Waals surface area (Å²) in [5.74, 6) is 0.606. The Morgan fingerprint density at radius 2 is 1.20 bits per heavy atom. The number of aliphatic hydroxyl groups is 3. The van der Waals surface area contributed by atoms with Crippen LogP contribution in [0.25, 0.3) is 0 Å². The Labute approximate surface area is 177 Å². The third-order valence-electron chi connectivity index (χ3n) is 4.36. The fourth-order valence-corrected chi connectivity index (χ4v) is 2.42. The van der Waals surface area contributed by atoms with E-state index in [1.165, 1.54) is 0 Å². The molecule has 6 N–H and O–H groups in total. The first kappa shape index (κ1) is 25.0. The van der Waals surface area contributed by atoms with Crippen molar-refractivity contribution < 1.29 is 30.6 Å². The molecular weight excluding hydrogens is 384 g/mol. The van der Waals surface area contributed by atoms with Gasteiger partial charge in [0.15, 0.2) is 0 Å². The van der Waals surface area contributed by atoms with Crippen LogP contribution >= 0.6 is 0 Å². The molecule has 0 aliphatic rings. The first-order valence-corrected chi connectivity index (χ1v) is 9.39. The molecule has 0 unspecified atom stereocenters. The van der Waals surface area contributed by atoms with Crippen LogP contribution in [0.15, 0.2) is 54.6 Å². The molecule has 0 fully saturated rings. The summed E-state index contributed by atoms with van der Waals surface area (Å²) in [5, 5.41) is 53.2. The summed E-state index contributed by atoms with van der Waals surface area (Å²) in [7, 11) is 0. The van der Waals surface area contributed by atoms with E-state index in [2.05, 4.69) is 0 Å². The van der Waals surface area contributed by atoms with Gasteiger partial charge in [0, 0.05) is 5.56 Å². The second-order valence-corrected chi connectivity index (χ2v) is 6.84. The van der Waals surface area contributed by atoms with E-state index in [1.54, 1.807) is 54.6 Å². The number of phenolic OH excluding ortho intramolecular Hbond substituents is 2. The van der Waals surface area contributed by atoms with Gasteiger partial charge in [-0.2, -0.15) is 0 Å². The van der Waals surface area contributed by atoms with Crippen LogP contribution in [0.2, 0.25) is 0 Å². The van der Waals surface area contributed by atoms with Gasteiger partial charge in [-0.1, -0.05) is 35.9 Å². The Morgan fingerprint density at radius 1 is 0.567 bits per heavy atom. The van der Waals surface area contributed by atoms with Crippen molar-refractivity contribution >= 4 is 0 Å². The molecule has 0 aromatic heterocycles. The van der Waals surface area contributed by atoms with E-state index >= 15 is 0 Å². The second kappa shape index (κ2) is 12.5. The zero-order valence-corrected chi connectivity index (χ0v) is 17.5. The van der Waals surface area contributed by atoms with Crippen LogP contribution in [-0.2, 0) is 19.8 Å². The highest BCUT2D eigenvalue weighted by molar-refractivity contribution is 5.36. The van der Waals surface area contributed by atoms with Crippen LogP contribution in [0, 0.1) is 20.8 Å². The lowest BCUT2D eigenvalue weighted by Crippen LogP contribution is -1.86. The number of aromatic hydroxyl groups is 3. The van der Waals surface area contributed by atoms with E-state index in [9.17, 15) is 0 Å². The quantitative estimate of drug-likeness (QED) is 0.390. The number of aryl methyl sites for hydroxylation is 3. The normalized spacial score (nSPS) is 9.80. The lowest BCUT2D eigenvalue weighted by atomic mass is 10.1. The second-order valence-electron chi connectivity index (χ2n) is 6.84. The van der Waals surface area contributed by atoms with Crippen molar-refractivity contribution in [2.45, 2.75) is 40.6 Å². The highest BCUT2D eigenvalue weighted by Gasteiger charge is 1.98. The summed E-state index contributed by atoms with van der Waals surface area (Å²) in [6.45, 7) is 5.49. The van der Waals surface area contributed by atoms with Gasteiger partial charge in [0.1, 0.15) is 17.2 Å². The molecule has 0 amide bonds. The zero-order chi connectivity index (χ0) is 22.7. The zero-order valence-electron chi connectivity index (χ0n) is 17.5. The van der Waals surface area contributed by atoms with Crippen LogP contribution in [0.1, 0.15) is 33.4 Å². The van der Waals surface area contributed by atoms with Crippen molar-refractivity contribution in [3.05, 3.63) is 88.0 Å². The topological polar surface area (TPSA) is 121 Å². The van der Waals surface area contributed by atoms with Gasteiger partial charge in [0.25, 0.3) is 0 Å². The smallest absolute Gasteiger partial charge is 0.121 e. The Kier molecular flexibility index (Phi) is 10.4. The summed E-state index contributed by atoms with van der Waals surface area (Å²) in [4.78, 5) is 0. The van der Waals surface area contributed by atoms with E-state index in [0.29, 0.717) is 5.56 Å². The van der Waals surface area contributed by atoms with Crippen molar-refractivity contribution in [1.29, 1.82) is 0 Å². The minimum absolute atomic E-state index is 0.0137. The Bertz CT molecular complexity index is 885. The molecule has 6 nitrogen and oxygen atoms in total.